The largest absolute Gasteiger partial charge is 0.490 e. The molecule has 0 saturated heterocycles. The summed E-state index contributed by atoms with van der Waals surface area (Å²) < 4.78 is 26.7. The molecule has 0 aliphatic carbocycles. The van der Waals surface area contributed by atoms with Crippen molar-refractivity contribution in [3.63, 3.8) is 0 Å². The summed E-state index contributed by atoms with van der Waals surface area (Å²) in [7, 11) is 0. The molecular formula is C22H24FN5O3. The maximum absolute atomic E-state index is 14.2. The predicted octanol–water partition coefficient (Wildman–Crippen LogP) is 3.95. The Morgan fingerprint density at radius 2 is 2.00 bits per heavy atom. The Morgan fingerprint density at radius 1 is 1.16 bits per heavy atom. The Labute approximate surface area is 179 Å². The number of hydrogen-bond donors (Lipinski definition) is 1. The van der Waals surface area contributed by atoms with Gasteiger partial charge in [0, 0.05) is 11.8 Å². The molecule has 0 bridgehead atoms. The lowest BCUT2D eigenvalue weighted by Gasteiger charge is -2.12. The molecule has 0 spiro atoms. The van der Waals surface area contributed by atoms with Crippen molar-refractivity contribution in [2.75, 3.05) is 18.5 Å². The second-order valence-corrected chi connectivity index (χ2v) is 6.61. The summed E-state index contributed by atoms with van der Waals surface area (Å²) in [4.78, 5) is 12.4. The Hall–Kier alpha value is -3.75. The van der Waals surface area contributed by atoms with E-state index in [-0.39, 0.29) is 11.6 Å². The first kappa shape index (κ1) is 21.9. The number of nitrogens with one attached hydrogen (secondary N) is 1. The number of carbonyl (C=O) groups excluding carboxylic acids is 1. The third kappa shape index (κ3) is 5.65. The van der Waals surface area contributed by atoms with Gasteiger partial charge in [-0.2, -0.15) is 4.68 Å². The molecule has 0 atom stereocenters. The molecule has 8 nitrogen and oxygen atoms in total. The second kappa shape index (κ2) is 10.3. The molecule has 1 heterocycles. The summed E-state index contributed by atoms with van der Waals surface area (Å²) in [6.45, 7) is 6.69. The van der Waals surface area contributed by atoms with Crippen molar-refractivity contribution in [1.29, 1.82) is 0 Å². The minimum Gasteiger partial charge on any atom is -0.490 e. The molecule has 0 radical (unpaired) electrons. The number of rotatable bonds is 9. The van der Waals surface area contributed by atoms with Crippen LogP contribution in [0.25, 0.3) is 11.8 Å². The number of carbonyl (C=O) groups is 1. The quantitative estimate of drug-likeness (QED) is 0.522. The van der Waals surface area contributed by atoms with E-state index in [2.05, 4.69) is 20.8 Å². The van der Waals surface area contributed by atoms with E-state index in [1.54, 1.807) is 13.0 Å². The summed E-state index contributed by atoms with van der Waals surface area (Å²) in [5.74, 6) is 0.854. The van der Waals surface area contributed by atoms with Crippen molar-refractivity contribution in [2.45, 2.75) is 27.2 Å². The number of benzene rings is 2. The van der Waals surface area contributed by atoms with Crippen LogP contribution in [0.2, 0.25) is 0 Å². The van der Waals surface area contributed by atoms with Crippen LogP contribution in [0, 0.1) is 12.7 Å². The van der Waals surface area contributed by atoms with Crippen molar-refractivity contribution < 1.29 is 18.7 Å². The van der Waals surface area contributed by atoms with E-state index in [0.717, 1.165) is 12.0 Å². The van der Waals surface area contributed by atoms with Gasteiger partial charge in [-0.1, -0.05) is 13.0 Å². The number of halogens is 1. The normalized spacial score (nSPS) is 11.0. The highest BCUT2D eigenvalue weighted by atomic mass is 19.1. The van der Waals surface area contributed by atoms with Crippen LogP contribution in [0.4, 0.5) is 10.1 Å². The number of nitrogens with zero attached hydrogens (tertiary/aromatic N) is 4. The summed E-state index contributed by atoms with van der Waals surface area (Å²) in [5, 5.41) is 13.7. The van der Waals surface area contributed by atoms with Gasteiger partial charge in [-0.05, 0) is 72.7 Å². The molecule has 1 amide bonds. The summed E-state index contributed by atoms with van der Waals surface area (Å²) >= 11 is 0. The minimum atomic E-state index is -0.502. The zero-order valence-corrected chi connectivity index (χ0v) is 17.6. The van der Waals surface area contributed by atoms with Crippen LogP contribution in [-0.4, -0.2) is 39.3 Å². The van der Waals surface area contributed by atoms with Crippen molar-refractivity contribution in [3.8, 4) is 17.2 Å². The van der Waals surface area contributed by atoms with Gasteiger partial charge in [-0.15, -0.1) is 5.10 Å². The van der Waals surface area contributed by atoms with Gasteiger partial charge in [0.1, 0.15) is 11.5 Å². The maximum Gasteiger partial charge on any atom is 0.248 e. The highest BCUT2D eigenvalue weighted by molar-refractivity contribution is 6.02. The van der Waals surface area contributed by atoms with Gasteiger partial charge in [0.15, 0.2) is 17.3 Å². The Kier molecular flexibility index (Phi) is 7.31. The SMILES string of the molecule is CCCOc1ccc(/C=C/C(=O)Nc2ccc(F)c(-n3nnnc3C)c2)cc1OCC. The van der Waals surface area contributed by atoms with Crippen LogP contribution in [0.5, 0.6) is 11.5 Å². The molecule has 2 aromatic carbocycles. The molecule has 1 aromatic heterocycles. The highest BCUT2D eigenvalue weighted by Crippen LogP contribution is 2.29. The molecule has 0 fully saturated rings. The van der Waals surface area contributed by atoms with E-state index in [1.165, 1.54) is 29.0 Å². The average Bonchev–Trinajstić information content (AvgIpc) is 3.19. The molecule has 162 valence electrons. The Balaban J connectivity index is 1.72. The van der Waals surface area contributed by atoms with E-state index < -0.39 is 5.82 Å². The molecule has 9 heteroatoms. The van der Waals surface area contributed by atoms with E-state index in [0.29, 0.717) is 36.2 Å². The molecule has 3 rings (SSSR count). The zero-order valence-electron chi connectivity index (χ0n) is 17.6. The lowest BCUT2D eigenvalue weighted by atomic mass is 10.2. The van der Waals surface area contributed by atoms with Crippen LogP contribution in [-0.2, 0) is 4.79 Å². The fourth-order valence-electron chi connectivity index (χ4n) is 2.79. The van der Waals surface area contributed by atoms with Crippen LogP contribution >= 0.6 is 0 Å². The number of aromatic nitrogens is 4. The number of hydrogen-bond acceptors (Lipinski definition) is 6. The zero-order chi connectivity index (χ0) is 22.2. The summed E-state index contributed by atoms with van der Waals surface area (Å²) in [5.41, 5.74) is 1.35. The van der Waals surface area contributed by atoms with Crippen molar-refractivity contribution in [1.82, 2.24) is 20.2 Å². The van der Waals surface area contributed by atoms with E-state index in [1.807, 2.05) is 32.0 Å². The Bertz CT molecular complexity index is 1080. The lowest BCUT2D eigenvalue weighted by molar-refractivity contribution is -0.111. The molecule has 0 unspecified atom stereocenters. The van der Waals surface area contributed by atoms with Crippen molar-refractivity contribution >= 4 is 17.7 Å². The van der Waals surface area contributed by atoms with E-state index in [9.17, 15) is 9.18 Å². The molecule has 3 aromatic rings. The molecule has 0 aliphatic heterocycles. The predicted molar refractivity (Wildman–Crippen MR) is 115 cm³/mol. The summed E-state index contributed by atoms with van der Waals surface area (Å²) in [6.07, 6.45) is 3.95. The third-order valence-electron chi connectivity index (χ3n) is 4.22. The van der Waals surface area contributed by atoms with Gasteiger partial charge in [-0.3, -0.25) is 4.79 Å². The maximum atomic E-state index is 14.2. The molecular weight excluding hydrogens is 401 g/mol. The number of amides is 1. The van der Waals surface area contributed by atoms with E-state index >= 15 is 0 Å². The van der Waals surface area contributed by atoms with Gasteiger partial charge in [-0.25, -0.2) is 4.39 Å². The van der Waals surface area contributed by atoms with Crippen LogP contribution in [0.15, 0.2) is 42.5 Å². The fraction of sp³-hybridized carbons (Fsp3) is 0.273. The van der Waals surface area contributed by atoms with Crippen molar-refractivity contribution in [2.24, 2.45) is 0 Å². The van der Waals surface area contributed by atoms with E-state index in [4.69, 9.17) is 9.47 Å². The smallest absolute Gasteiger partial charge is 0.248 e. The third-order valence-corrected chi connectivity index (χ3v) is 4.22. The first-order valence-electron chi connectivity index (χ1n) is 9.95. The van der Waals surface area contributed by atoms with Crippen molar-refractivity contribution in [3.05, 3.63) is 59.7 Å². The highest BCUT2D eigenvalue weighted by Gasteiger charge is 2.11. The molecule has 31 heavy (non-hydrogen) atoms. The van der Waals surface area contributed by atoms with Gasteiger partial charge >= 0.3 is 0 Å². The van der Waals surface area contributed by atoms with Gasteiger partial charge in [0.2, 0.25) is 5.91 Å². The molecule has 1 N–H and O–H groups in total. The average molecular weight is 425 g/mol. The first-order valence-corrected chi connectivity index (χ1v) is 9.95. The minimum absolute atomic E-state index is 0.147. The monoisotopic (exact) mass is 425 g/mol. The fourth-order valence-corrected chi connectivity index (χ4v) is 2.79. The topological polar surface area (TPSA) is 91.2 Å². The standard InChI is InChI=1S/C22H24FN5O3/c1-4-12-31-20-10-6-16(13-21(20)30-5-2)7-11-22(29)24-17-8-9-18(23)19(14-17)28-15(3)25-26-27-28/h6-11,13-14H,4-5,12H2,1-3H3,(H,24,29)/b11-7+. The van der Waals surface area contributed by atoms with Crippen LogP contribution < -0.4 is 14.8 Å². The summed E-state index contributed by atoms with van der Waals surface area (Å²) in [6, 6.07) is 9.66. The number of aryl methyl sites for hydroxylation is 1. The van der Waals surface area contributed by atoms with Gasteiger partial charge < -0.3 is 14.8 Å². The number of anilines is 1. The molecule has 0 saturated carbocycles. The number of ether oxygens (including phenoxy) is 2. The first-order chi connectivity index (χ1) is 15.0. The van der Waals surface area contributed by atoms with Crippen LogP contribution in [0.1, 0.15) is 31.7 Å². The van der Waals surface area contributed by atoms with Crippen LogP contribution in [0.3, 0.4) is 0 Å². The molecule has 0 aliphatic rings. The Morgan fingerprint density at radius 3 is 2.71 bits per heavy atom. The van der Waals surface area contributed by atoms with Gasteiger partial charge in [0.25, 0.3) is 0 Å². The lowest BCUT2D eigenvalue weighted by Crippen LogP contribution is -2.09. The van der Waals surface area contributed by atoms with Gasteiger partial charge in [0.05, 0.1) is 13.2 Å². The number of tetrazole rings is 1. The second-order valence-electron chi connectivity index (χ2n) is 6.61.